The molecule has 1 nitrogen and oxygen atoms in total. The maximum Gasteiger partial charge on any atom is 0.128 e. The molecule has 1 heterocycles. The van der Waals surface area contributed by atoms with Gasteiger partial charge in [-0.25, -0.2) is 0 Å². The van der Waals surface area contributed by atoms with Crippen LogP contribution in [0.4, 0.5) is 0 Å². The third kappa shape index (κ3) is 7.68. The lowest BCUT2D eigenvalue weighted by molar-refractivity contribution is 0.00979. The fraction of sp³-hybridized carbons (Fsp3) is 1.00. The Morgan fingerprint density at radius 1 is 0.917 bits per heavy atom. The highest BCUT2D eigenvalue weighted by Crippen LogP contribution is 2.48. The smallest absolute Gasteiger partial charge is 0.128 e. The number of ether oxygens (including phenoxy) is 1. The Morgan fingerprint density at radius 3 is 2.38 bits per heavy atom. The van der Waals surface area contributed by atoms with Gasteiger partial charge in [0.15, 0.2) is 0 Å². The zero-order valence-electron chi connectivity index (χ0n) is 16.6. The zero-order chi connectivity index (χ0) is 17.1. The van der Waals surface area contributed by atoms with Crippen molar-refractivity contribution in [3.63, 3.8) is 0 Å². The van der Waals surface area contributed by atoms with Gasteiger partial charge in [-0.2, -0.15) is 0 Å². The standard InChI is InChI=1S/C22H43OS/c1-3-4-5-7-11-16-22(17-18-22)24(2)20-13-8-6-9-14-21-15-10-12-19-23-21/h21H,3-20H2,1-2H3/q+1. The highest BCUT2D eigenvalue weighted by molar-refractivity contribution is 7.97. The van der Waals surface area contributed by atoms with Crippen molar-refractivity contribution >= 4 is 10.9 Å². The molecule has 1 aliphatic carbocycles. The molecule has 1 saturated heterocycles. The van der Waals surface area contributed by atoms with Gasteiger partial charge in [-0.3, -0.25) is 0 Å². The monoisotopic (exact) mass is 355 g/mol. The summed E-state index contributed by atoms with van der Waals surface area (Å²) < 4.78 is 6.65. The zero-order valence-corrected chi connectivity index (χ0v) is 17.4. The molecule has 142 valence electrons. The largest absolute Gasteiger partial charge is 0.378 e. The minimum atomic E-state index is 0.599. The second-order valence-electron chi connectivity index (χ2n) is 8.38. The number of hydrogen-bond donors (Lipinski definition) is 0. The van der Waals surface area contributed by atoms with Crippen molar-refractivity contribution in [3.8, 4) is 0 Å². The molecule has 0 aromatic carbocycles. The summed E-state index contributed by atoms with van der Waals surface area (Å²) in [6.07, 6.45) is 26.1. The van der Waals surface area contributed by atoms with Crippen molar-refractivity contribution in [3.05, 3.63) is 0 Å². The average Bonchev–Trinajstić information content (AvgIpc) is 3.40. The molecule has 0 aromatic heterocycles. The first-order valence-corrected chi connectivity index (χ1v) is 12.8. The van der Waals surface area contributed by atoms with Crippen LogP contribution >= 0.6 is 0 Å². The summed E-state index contributed by atoms with van der Waals surface area (Å²) in [7, 11) is 0.689. The van der Waals surface area contributed by atoms with Crippen LogP contribution < -0.4 is 0 Å². The Hall–Kier alpha value is 0.310. The normalized spacial score (nSPS) is 24.0. The van der Waals surface area contributed by atoms with E-state index in [-0.39, 0.29) is 0 Å². The average molecular weight is 356 g/mol. The van der Waals surface area contributed by atoms with Crippen LogP contribution in [0.15, 0.2) is 0 Å². The first-order valence-electron chi connectivity index (χ1n) is 11.0. The molecule has 1 aliphatic heterocycles. The van der Waals surface area contributed by atoms with E-state index in [1.807, 2.05) is 0 Å². The third-order valence-electron chi connectivity index (χ3n) is 6.28. The number of rotatable bonds is 14. The Balaban J connectivity index is 1.44. The van der Waals surface area contributed by atoms with Gasteiger partial charge in [0.1, 0.15) is 10.5 Å². The first kappa shape index (κ1) is 20.6. The van der Waals surface area contributed by atoms with Crippen LogP contribution in [0, 0.1) is 0 Å². The van der Waals surface area contributed by atoms with Gasteiger partial charge in [-0.1, -0.05) is 45.4 Å². The van der Waals surface area contributed by atoms with Gasteiger partial charge in [0.25, 0.3) is 0 Å². The molecule has 2 rings (SSSR count). The van der Waals surface area contributed by atoms with Crippen molar-refractivity contribution in [2.24, 2.45) is 0 Å². The molecular weight excluding hydrogens is 312 g/mol. The topological polar surface area (TPSA) is 9.23 Å². The van der Waals surface area contributed by atoms with Crippen LogP contribution in [0.3, 0.4) is 0 Å². The van der Waals surface area contributed by atoms with E-state index >= 15 is 0 Å². The van der Waals surface area contributed by atoms with Gasteiger partial charge in [-0.05, 0) is 62.3 Å². The summed E-state index contributed by atoms with van der Waals surface area (Å²) in [5, 5.41) is 0. The van der Waals surface area contributed by atoms with E-state index < -0.39 is 0 Å². The SMILES string of the molecule is CCCCCCCC1([S+](C)CCCCCCC2CCCCO2)CC1. The second-order valence-corrected chi connectivity index (χ2v) is 10.9. The Morgan fingerprint density at radius 2 is 1.67 bits per heavy atom. The molecule has 1 saturated carbocycles. The van der Waals surface area contributed by atoms with Gasteiger partial charge in [0.05, 0.1) is 12.4 Å². The molecule has 0 aromatic rings. The molecule has 0 spiro atoms. The van der Waals surface area contributed by atoms with E-state index in [2.05, 4.69) is 13.2 Å². The van der Waals surface area contributed by atoms with E-state index in [1.54, 1.807) is 12.8 Å². The Labute approximate surface area is 155 Å². The number of hydrogen-bond acceptors (Lipinski definition) is 1. The van der Waals surface area contributed by atoms with Gasteiger partial charge >= 0.3 is 0 Å². The third-order valence-corrected chi connectivity index (χ3v) is 9.28. The van der Waals surface area contributed by atoms with Crippen LogP contribution in [-0.4, -0.2) is 29.5 Å². The molecule has 2 atom stereocenters. The van der Waals surface area contributed by atoms with Crippen LogP contribution in [0.5, 0.6) is 0 Å². The van der Waals surface area contributed by atoms with Crippen molar-refractivity contribution in [2.75, 3.05) is 18.6 Å². The lowest BCUT2D eigenvalue weighted by Crippen LogP contribution is -2.25. The van der Waals surface area contributed by atoms with E-state index in [0.717, 1.165) is 11.4 Å². The molecule has 24 heavy (non-hydrogen) atoms. The van der Waals surface area contributed by atoms with E-state index in [9.17, 15) is 0 Å². The van der Waals surface area contributed by atoms with Crippen molar-refractivity contribution in [1.82, 2.24) is 0 Å². The fourth-order valence-corrected chi connectivity index (χ4v) is 6.62. The number of unbranched alkanes of at least 4 members (excludes halogenated alkanes) is 7. The van der Waals surface area contributed by atoms with E-state index in [0.29, 0.717) is 17.0 Å². The predicted molar refractivity (Wildman–Crippen MR) is 110 cm³/mol. The molecule has 0 radical (unpaired) electrons. The predicted octanol–water partition coefficient (Wildman–Crippen LogP) is 6.65. The van der Waals surface area contributed by atoms with E-state index in [1.165, 1.54) is 95.6 Å². The molecular formula is C22H43OS+. The van der Waals surface area contributed by atoms with Crippen LogP contribution in [0.1, 0.15) is 110 Å². The molecule has 2 aliphatic rings. The van der Waals surface area contributed by atoms with Gasteiger partial charge in [0, 0.05) is 19.4 Å². The highest BCUT2D eigenvalue weighted by atomic mass is 32.2. The van der Waals surface area contributed by atoms with E-state index in [4.69, 9.17) is 4.74 Å². The molecule has 2 heteroatoms. The minimum absolute atomic E-state index is 0.599. The maximum atomic E-state index is 5.84. The summed E-state index contributed by atoms with van der Waals surface area (Å²) in [5.41, 5.74) is 0. The van der Waals surface area contributed by atoms with Gasteiger partial charge in [-0.15, -0.1) is 0 Å². The summed E-state index contributed by atoms with van der Waals surface area (Å²) in [5.74, 6) is 1.51. The van der Waals surface area contributed by atoms with Gasteiger partial charge in [0.2, 0.25) is 0 Å². The van der Waals surface area contributed by atoms with Crippen molar-refractivity contribution in [1.29, 1.82) is 0 Å². The van der Waals surface area contributed by atoms with Crippen molar-refractivity contribution < 1.29 is 4.74 Å². The Kier molecular flexibility index (Phi) is 10.2. The lowest BCUT2D eigenvalue weighted by Gasteiger charge is -2.22. The summed E-state index contributed by atoms with van der Waals surface area (Å²) in [4.78, 5) is 0. The maximum absolute atomic E-state index is 5.84. The summed E-state index contributed by atoms with van der Waals surface area (Å²) in [6.45, 7) is 3.33. The molecule has 0 bridgehead atoms. The molecule has 2 unspecified atom stereocenters. The van der Waals surface area contributed by atoms with Gasteiger partial charge < -0.3 is 4.74 Å². The van der Waals surface area contributed by atoms with Crippen molar-refractivity contribution in [2.45, 2.75) is 121 Å². The lowest BCUT2D eigenvalue weighted by atomic mass is 10.0. The fourth-order valence-electron chi connectivity index (χ4n) is 4.26. The molecule has 2 fully saturated rings. The first-order chi connectivity index (χ1) is 11.8. The van der Waals surface area contributed by atoms with Crippen LogP contribution in [-0.2, 0) is 15.6 Å². The minimum Gasteiger partial charge on any atom is -0.378 e. The Bertz CT molecular complexity index is 307. The summed E-state index contributed by atoms with van der Waals surface area (Å²) in [6, 6.07) is 0. The highest BCUT2D eigenvalue weighted by Gasteiger charge is 2.54. The quantitative estimate of drug-likeness (QED) is 0.250. The second kappa shape index (κ2) is 11.8. The summed E-state index contributed by atoms with van der Waals surface area (Å²) >= 11 is 0. The molecule has 0 amide bonds. The van der Waals surface area contributed by atoms with Crippen LogP contribution in [0.25, 0.3) is 0 Å². The molecule has 0 N–H and O–H groups in total. The van der Waals surface area contributed by atoms with Crippen LogP contribution in [0.2, 0.25) is 0 Å².